The average Bonchev–Trinajstić information content (AvgIpc) is 2.93. The first-order valence-electron chi connectivity index (χ1n) is 7.90. The van der Waals surface area contributed by atoms with Crippen LogP contribution >= 0.6 is 0 Å². The molecule has 0 saturated carbocycles. The molecule has 122 valence electrons. The van der Waals surface area contributed by atoms with Crippen molar-refractivity contribution in [1.82, 2.24) is 5.32 Å². The summed E-state index contributed by atoms with van der Waals surface area (Å²) in [4.78, 5) is 12.0. The Hall–Kier alpha value is -2.77. The summed E-state index contributed by atoms with van der Waals surface area (Å²) in [5.41, 5.74) is 4.69. The van der Waals surface area contributed by atoms with Crippen molar-refractivity contribution in [1.29, 1.82) is 0 Å². The van der Waals surface area contributed by atoms with Gasteiger partial charge >= 0.3 is 6.09 Å². The topological polar surface area (TPSA) is 58.6 Å². The van der Waals surface area contributed by atoms with E-state index in [0.717, 1.165) is 11.1 Å². The molecular formula is C20H19NO3. The van der Waals surface area contributed by atoms with E-state index < -0.39 is 12.1 Å². The summed E-state index contributed by atoms with van der Waals surface area (Å²) in [5, 5.41) is 11.8. The molecule has 0 heterocycles. The van der Waals surface area contributed by atoms with Crippen molar-refractivity contribution in [3.05, 3.63) is 59.7 Å². The van der Waals surface area contributed by atoms with Crippen LogP contribution in [0.3, 0.4) is 0 Å². The van der Waals surface area contributed by atoms with E-state index in [4.69, 9.17) is 11.2 Å². The van der Waals surface area contributed by atoms with Gasteiger partial charge < -0.3 is 15.2 Å². The molecule has 2 N–H and O–H groups in total. The number of carbonyl (C=O) groups is 1. The zero-order valence-electron chi connectivity index (χ0n) is 13.2. The van der Waals surface area contributed by atoms with Crippen LogP contribution in [0.2, 0.25) is 0 Å². The van der Waals surface area contributed by atoms with E-state index >= 15 is 0 Å². The first-order chi connectivity index (χ1) is 11.7. The van der Waals surface area contributed by atoms with Gasteiger partial charge in [-0.2, -0.15) is 0 Å². The third-order valence-electron chi connectivity index (χ3n) is 4.25. The molecule has 0 bridgehead atoms. The van der Waals surface area contributed by atoms with Crippen LogP contribution in [0.25, 0.3) is 11.1 Å². The normalized spacial score (nSPS) is 13.5. The predicted molar refractivity (Wildman–Crippen MR) is 92.5 cm³/mol. The van der Waals surface area contributed by atoms with E-state index in [1.807, 2.05) is 24.3 Å². The number of hydrogen-bond donors (Lipinski definition) is 2. The van der Waals surface area contributed by atoms with Gasteiger partial charge in [0, 0.05) is 12.3 Å². The van der Waals surface area contributed by atoms with E-state index in [9.17, 15) is 9.90 Å². The van der Waals surface area contributed by atoms with Crippen molar-refractivity contribution in [2.24, 2.45) is 0 Å². The molecule has 24 heavy (non-hydrogen) atoms. The lowest BCUT2D eigenvalue weighted by atomic mass is 9.98. The molecule has 0 aromatic heterocycles. The van der Waals surface area contributed by atoms with Gasteiger partial charge in [0.15, 0.2) is 0 Å². The van der Waals surface area contributed by atoms with E-state index in [1.54, 1.807) is 0 Å². The largest absolute Gasteiger partial charge is 0.449 e. The zero-order chi connectivity index (χ0) is 16.9. The van der Waals surface area contributed by atoms with Crippen LogP contribution in [0.5, 0.6) is 0 Å². The summed E-state index contributed by atoms with van der Waals surface area (Å²) < 4.78 is 5.39. The number of aliphatic hydroxyl groups excluding tert-OH is 1. The van der Waals surface area contributed by atoms with E-state index in [-0.39, 0.29) is 25.6 Å². The standard InChI is InChI=1S/C20H19NO3/c1-2-7-14(12-22)21-20(23)24-13-19-17-10-5-3-8-15(17)16-9-4-6-11-18(16)19/h1,3-6,8-11,14,19,22H,7,12-13H2,(H,21,23)/t14-/m0/s1. The molecular weight excluding hydrogens is 302 g/mol. The van der Waals surface area contributed by atoms with Crippen LogP contribution in [0, 0.1) is 12.3 Å². The third kappa shape index (κ3) is 3.12. The summed E-state index contributed by atoms with van der Waals surface area (Å²) in [5.74, 6) is 2.43. The van der Waals surface area contributed by atoms with Crippen LogP contribution < -0.4 is 5.32 Å². The molecule has 4 heteroatoms. The lowest BCUT2D eigenvalue weighted by molar-refractivity contribution is 0.133. The molecule has 1 aliphatic rings. The number of alkyl carbamates (subject to hydrolysis) is 1. The second-order valence-electron chi connectivity index (χ2n) is 5.76. The molecule has 0 spiro atoms. The smallest absolute Gasteiger partial charge is 0.407 e. The summed E-state index contributed by atoms with van der Waals surface area (Å²) in [6.07, 6.45) is 4.91. The average molecular weight is 321 g/mol. The molecule has 1 aliphatic carbocycles. The number of terminal acetylenes is 1. The number of amides is 1. The fraction of sp³-hybridized carbons (Fsp3) is 0.250. The van der Waals surface area contributed by atoms with Crippen molar-refractivity contribution in [3.63, 3.8) is 0 Å². The molecule has 0 fully saturated rings. The highest BCUT2D eigenvalue weighted by Crippen LogP contribution is 2.44. The SMILES string of the molecule is C#CC[C@@H](CO)NC(=O)OCC1c2ccccc2-c2ccccc21. The van der Waals surface area contributed by atoms with Gasteiger partial charge in [0.25, 0.3) is 0 Å². The highest BCUT2D eigenvalue weighted by molar-refractivity contribution is 5.79. The molecule has 2 aromatic carbocycles. The molecule has 1 amide bonds. The van der Waals surface area contributed by atoms with Gasteiger partial charge in [-0.25, -0.2) is 4.79 Å². The fourth-order valence-corrected chi connectivity index (χ4v) is 3.11. The maximum absolute atomic E-state index is 12.0. The van der Waals surface area contributed by atoms with Gasteiger partial charge in [-0.1, -0.05) is 48.5 Å². The van der Waals surface area contributed by atoms with Gasteiger partial charge in [-0.3, -0.25) is 0 Å². The van der Waals surface area contributed by atoms with Crippen LogP contribution in [0.15, 0.2) is 48.5 Å². The van der Waals surface area contributed by atoms with Crippen LogP contribution in [-0.2, 0) is 4.74 Å². The number of nitrogens with one attached hydrogen (secondary N) is 1. The maximum atomic E-state index is 12.0. The highest BCUT2D eigenvalue weighted by atomic mass is 16.5. The van der Waals surface area contributed by atoms with Crippen molar-refractivity contribution in [2.75, 3.05) is 13.2 Å². The third-order valence-corrected chi connectivity index (χ3v) is 4.25. The monoisotopic (exact) mass is 321 g/mol. The molecule has 0 saturated heterocycles. The molecule has 4 nitrogen and oxygen atoms in total. The second kappa shape index (κ2) is 7.20. The van der Waals surface area contributed by atoms with Crippen molar-refractivity contribution in [2.45, 2.75) is 18.4 Å². The van der Waals surface area contributed by atoms with Gasteiger partial charge in [-0.05, 0) is 22.3 Å². The Morgan fingerprint density at radius 1 is 1.17 bits per heavy atom. The lowest BCUT2D eigenvalue weighted by Gasteiger charge is -2.17. The quantitative estimate of drug-likeness (QED) is 0.833. The van der Waals surface area contributed by atoms with Gasteiger partial charge in [-0.15, -0.1) is 12.3 Å². The number of aliphatic hydroxyl groups is 1. The van der Waals surface area contributed by atoms with Crippen LogP contribution in [0.4, 0.5) is 4.79 Å². The molecule has 3 rings (SSSR count). The van der Waals surface area contributed by atoms with E-state index in [1.165, 1.54) is 11.1 Å². The molecule has 2 aromatic rings. The number of hydrogen-bond acceptors (Lipinski definition) is 3. The maximum Gasteiger partial charge on any atom is 0.407 e. The fourth-order valence-electron chi connectivity index (χ4n) is 3.11. The number of fused-ring (bicyclic) bond motifs is 3. The minimum absolute atomic E-state index is 0.0170. The molecule has 0 unspecified atom stereocenters. The van der Waals surface area contributed by atoms with E-state index in [0.29, 0.717) is 0 Å². The first kappa shape index (κ1) is 16.1. The number of benzene rings is 2. The van der Waals surface area contributed by atoms with Crippen LogP contribution in [-0.4, -0.2) is 30.5 Å². The second-order valence-corrected chi connectivity index (χ2v) is 5.76. The Balaban J connectivity index is 1.72. The van der Waals surface area contributed by atoms with Gasteiger partial charge in [0.2, 0.25) is 0 Å². The molecule has 0 radical (unpaired) electrons. The Morgan fingerprint density at radius 3 is 2.29 bits per heavy atom. The molecule has 0 aliphatic heterocycles. The highest BCUT2D eigenvalue weighted by Gasteiger charge is 2.29. The zero-order valence-corrected chi connectivity index (χ0v) is 13.2. The Morgan fingerprint density at radius 2 is 1.75 bits per heavy atom. The Labute approximate surface area is 141 Å². The van der Waals surface area contributed by atoms with Crippen molar-refractivity contribution >= 4 is 6.09 Å². The predicted octanol–water partition coefficient (Wildman–Crippen LogP) is 2.91. The first-order valence-corrected chi connectivity index (χ1v) is 7.90. The van der Waals surface area contributed by atoms with Crippen molar-refractivity contribution in [3.8, 4) is 23.5 Å². The Bertz CT molecular complexity index is 733. The number of carbonyl (C=O) groups excluding carboxylic acids is 1. The summed E-state index contributed by atoms with van der Waals surface area (Å²) >= 11 is 0. The Kier molecular flexibility index (Phi) is 4.83. The van der Waals surface area contributed by atoms with Gasteiger partial charge in [0.05, 0.1) is 12.6 Å². The summed E-state index contributed by atoms with van der Waals surface area (Å²) in [7, 11) is 0. The van der Waals surface area contributed by atoms with Crippen molar-refractivity contribution < 1.29 is 14.6 Å². The summed E-state index contributed by atoms with van der Waals surface area (Å²) in [6.45, 7) is 0.0302. The van der Waals surface area contributed by atoms with Gasteiger partial charge in [0.1, 0.15) is 6.61 Å². The molecule has 1 atom stereocenters. The minimum Gasteiger partial charge on any atom is -0.449 e. The number of rotatable bonds is 5. The van der Waals surface area contributed by atoms with Crippen LogP contribution in [0.1, 0.15) is 23.5 Å². The van der Waals surface area contributed by atoms with E-state index in [2.05, 4.69) is 35.5 Å². The lowest BCUT2D eigenvalue weighted by Crippen LogP contribution is -2.38. The summed E-state index contributed by atoms with van der Waals surface area (Å²) in [6, 6.07) is 15.8. The number of ether oxygens (including phenoxy) is 1. The minimum atomic E-state index is -0.564.